The number of nitrogens with one attached hydrogen (secondary N) is 1. The number of rotatable bonds is 8. The summed E-state index contributed by atoms with van der Waals surface area (Å²) in [6.07, 6.45) is 4.26. The fourth-order valence-electron chi connectivity index (χ4n) is 1.73. The van der Waals surface area contributed by atoms with Gasteiger partial charge in [-0.05, 0) is 38.1 Å². The van der Waals surface area contributed by atoms with Crippen molar-refractivity contribution >= 4 is 0 Å². The molecule has 0 aromatic carbocycles. The molecule has 3 nitrogen and oxygen atoms in total. The first-order valence-corrected chi connectivity index (χ1v) is 5.86. The molecule has 2 unspecified atom stereocenters. The SMILES string of the molecule is CCCNC(CC)C(C)CCC(N)N. The average molecular weight is 201 g/mol. The van der Waals surface area contributed by atoms with Crippen LogP contribution in [0.2, 0.25) is 0 Å². The quantitative estimate of drug-likeness (QED) is 0.520. The maximum atomic E-state index is 5.54. The number of hydrogen-bond acceptors (Lipinski definition) is 3. The molecule has 0 rings (SSSR count). The van der Waals surface area contributed by atoms with Gasteiger partial charge in [-0.25, -0.2) is 0 Å². The lowest BCUT2D eigenvalue weighted by Gasteiger charge is -2.24. The lowest BCUT2D eigenvalue weighted by Crippen LogP contribution is -2.37. The molecule has 14 heavy (non-hydrogen) atoms. The van der Waals surface area contributed by atoms with Crippen LogP contribution in [0.15, 0.2) is 0 Å². The molecule has 0 fully saturated rings. The minimum absolute atomic E-state index is 0.152. The molecule has 0 radical (unpaired) electrons. The van der Waals surface area contributed by atoms with Crippen molar-refractivity contribution in [1.29, 1.82) is 0 Å². The molecule has 0 spiro atoms. The van der Waals surface area contributed by atoms with Crippen LogP contribution in [0.3, 0.4) is 0 Å². The predicted octanol–water partition coefficient (Wildman–Crippen LogP) is 1.42. The minimum atomic E-state index is -0.152. The van der Waals surface area contributed by atoms with Crippen molar-refractivity contribution in [1.82, 2.24) is 5.32 Å². The van der Waals surface area contributed by atoms with E-state index in [1.54, 1.807) is 0 Å². The van der Waals surface area contributed by atoms with E-state index in [-0.39, 0.29) is 6.17 Å². The molecule has 0 saturated heterocycles. The zero-order valence-electron chi connectivity index (χ0n) is 9.92. The molecular weight excluding hydrogens is 174 g/mol. The van der Waals surface area contributed by atoms with Gasteiger partial charge in [0.25, 0.3) is 0 Å². The van der Waals surface area contributed by atoms with Crippen molar-refractivity contribution in [2.75, 3.05) is 6.54 Å². The van der Waals surface area contributed by atoms with E-state index in [2.05, 4.69) is 26.1 Å². The summed E-state index contributed by atoms with van der Waals surface area (Å²) in [5.41, 5.74) is 11.1. The molecule has 3 heteroatoms. The number of nitrogens with two attached hydrogens (primary N) is 2. The Hall–Kier alpha value is -0.120. The van der Waals surface area contributed by atoms with Gasteiger partial charge in [-0.3, -0.25) is 0 Å². The minimum Gasteiger partial charge on any atom is -0.316 e. The van der Waals surface area contributed by atoms with Gasteiger partial charge in [-0.1, -0.05) is 20.8 Å². The summed E-state index contributed by atoms with van der Waals surface area (Å²) in [7, 11) is 0. The highest BCUT2D eigenvalue weighted by Gasteiger charge is 2.14. The third kappa shape index (κ3) is 6.35. The second-order valence-corrected chi connectivity index (χ2v) is 4.19. The second-order valence-electron chi connectivity index (χ2n) is 4.19. The van der Waals surface area contributed by atoms with Gasteiger partial charge in [0.15, 0.2) is 0 Å². The second kappa shape index (κ2) is 8.21. The molecule has 0 bridgehead atoms. The van der Waals surface area contributed by atoms with Crippen molar-refractivity contribution in [3.8, 4) is 0 Å². The summed E-state index contributed by atoms with van der Waals surface area (Å²) in [6.45, 7) is 7.81. The zero-order chi connectivity index (χ0) is 11.0. The van der Waals surface area contributed by atoms with Gasteiger partial charge in [0, 0.05) is 6.04 Å². The van der Waals surface area contributed by atoms with E-state index >= 15 is 0 Å². The van der Waals surface area contributed by atoms with Crippen LogP contribution < -0.4 is 16.8 Å². The highest BCUT2D eigenvalue weighted by Crippen LogP contribution is 2.13. The van der Waals surface area contributed by atoms with E-state index in [0.717, 1.165) is 19.4 Å². The Labute approximate surface area is 88.6 Å². The van der Waals surface area contributed by atoms with Gasteiger partial charge in [0.2, 0.25) is 0 Å². The maximum Gasteiger partial charge on any atom is 0.0520 e. The van der Waals surface area contributed by atoms with Gasteiger partial charge >= 0.3 is 0 Å². The van der Waals surface area contributed by atoms with E-state index < -0.39 is 0 Å². The van der Waals surface area contributed by atoms with Gasteiger partial charge in [0.1, 0.15) is 0 Å². The highest BCUT2D eigenvalue weighted by atomic mass is 14.9. The molecule has 2 atom stereocenters. The third-order valence-corrected chi connectivity index (χ3v) is 2.74. The molecule has 86 valence electrons. The van der Waals surface area contributed by atoms with Gasteiger partial charge in [0.05, 0.1) is 6.17 Å². The zero-order valence-corrected chi connectivity index (χ0v) is 9.92. The van der Waals surface area contributed by atoms with Crippen LogP contribution in [0.4, 0.5) is 0 Å². The Morgan fingerprint density at radius 3 is 2.21 bits per heavy atom. The van der Waals surface area contributed by atoms with Crippen LogP contribution in [0.25, 0.3) is 0 Å². The largest absolute Gasteiger partial charge is 0.316 e. The van der Waals surface area contributed by atoms with Crippen molar-refractivity contribution in [2.24, 2.45) is 17.4 Å². The summed E-state index contributed by atoms with van der Waals surface area (Å²) < 4.78 is 0. The molecule has 0 aromatic heterocycles. The van der Waals surface area contributed by atoms with E-state index in [9.17, 15) is 0 Å². The first-order valence-electron chi connectivity index (χ1n) is 5.86. The first kappa shape index (κ1) is 13.9. The summed E-state index contributed by atoms with van der Waals surface area (Å²) in [6, 6.07) is 0.619. The predicted molar refractivity (Wildman–Crippen MR) is 62.9 cm³/mol. The third-order valence-electron chi connectivity index (χ3n) is 2.74. The Balaban J connectivity index is 3.72. The monoisotopic (exact) mass is 201 g/mol. The van der Waals surface area contributed by atoms with E-state index in [1.165, 1.54) is 12.8 Å². The van der Waals surface area contributed by atoms with Crippen LogP contribution in [-0.2, 0) is 0 Å². The number of hydrogen-bond donors (Lipinski definition) is 3. The molecule has 0 aliphatic carbocycles. The summed E-state index contributed by atoms with van der Waals surface area (Å²) in [4.78, 5) is 0. The fourth-order valence-corrected chi connectivity index (χ4v) is 1.73. The van der Waals surface area contributed by atoms with E-state index in [1.807, 2.05) is 0 Å². The molecule has 0 aliphatic rings. The molecule has 0 saturated carbocycles. The van der Waals surface area contributed by atoms with Gasteiger partial charge < -0.3 is 16.8 Å². The molecule has 5 N–H and O–H groups in total. The Morgan fingerprint density at radius 1 is 1.14 bits per heavy atom. The molecular formula is C11H27N3. The summed E-state index contributed by atoms with van der Waals surface area (Å²) in [5, 5.41) is 3.56. The topological polar surface area (TPSA) is 64.1 Å². The van der Waals surface area contributed by atoms with Gasteiger partial charge in [-0.2, -0.15) is 0 Å². The average Bonchev–Trinajstić information content (AvgIpc) is 2.16. The first-order chi connectivity index (χ1) is 6.61. The molecule has 0 heterocycles. The van der Waals surface area contributed by atoms with Crippen molar-refractivity contribution in [3.05, 3.63) is 0 Å². The summed E-state index contributed by atoms with van der Waals surface area (Å²) >= 11 is 0. The van der Waals surface area contributed by atoms with Crippen LogP contribution in [0.1, 0.15) is 46.5 Å². The molecule has 0 amide bonds. The fraction of sp³-hybridized carbons (Fsp3) is 1.00. The highest BCUT2D eigenvalue weighted by molar-refractivity contribution is 4.72. The maximum absolute atomic E-state index is 5.54. The van der Waals surface area contributed by atoms with Crippen LogP contribution in [-0.4, -0.2) is 18.8 Å². The Kier molecular flexibility index (Phi) is 8.14. The Bertz CT molecular complexity index is 126. The van der Waals surface area contributed by atoms with Crippen molar-refractivity contribution in [3.63, 3.8) is 0 Å². The van der Waals surface area contributed by atoms with Crippen LogP contribution in [0.5, 0.6) is 0 Å². The van der Waals surface area contributed by atoms with Crippen molar-refractivity contribution < 1.29 is 0 Å². The normalized spacial score (nSPS) is 15.9. The van der Waals surface area contributed by atoms with Crippen LogP contribution >= 0.6 is 0 Å². The molecule has 0 aromatic rings. The van der Waals surface area contributed by atoms with Gasteiger partial charge in [-0.15, -0.1) is 0 Å². The standard InChI is InChI=1S/C11H27N3/c1-4-8-14-10(5-2)9(3)6-7-11(12)13/h9-11,14H,4-8,12-13H2,1-3H3. The smallest absolute Gasteiger partial charge is 0.0520 e. The Morgan fingerprint density at radius 2 is 1.79 bits per heavy atom. The lowest BCUT2D eigenvalue weighted by molar-refractivity contribution is 0.334. The lowest BCUT2D eigenvalue weighted by atomic mass is 9.94. The van der Waals surface area contributed by atoms with Crippen molar-refractivity contribution in [2.45, 2.75) is 58.7 Å². The molecule has 0 aliphatic heterocycles. The summed E-state index contributed by atoms with van der Waals surface area (Å²) in [5.74, 6) is 0.668. The van der Waals surface area contributed by atoms with E-state index in [4.69, 9.17) is 11.5 Å². The van der Waals surface area contributed by atoms with E-state index in [0.29, 0.717) is 12.0 Å². The van der Waals surface area contributed by atoms with Crippen LogP contribution in [0, 0.1) is 5.92 Å².